The van der Waals surface area contributed by atoms with Crippen molar-refractivity contribution in [3.8, 4) is 11.4 Å². The molecule has 0 fully saturated rings. The molecule has 0 saturated carbocycles. The number of nitrogens with zero attached hydrogens (tertiary/aromatic N) is 2. The Balaban J connectivity index is 2.37. The first-order chi connectivity index (χ1) is 10.1. The summed E-state index contributed by atoms with van der Waals surface area (Å²) in [6, 6.07) is 9.12. The Morgan fingerprint density at radius 1 is 1.43 bits per heavy atom. The van der Waals surface area contributed by atoms with Crippen LogP contribution in [-0.2, 0) is 6.54 Å². The summed E-state index contributed by atoms with van der Waals surface area (Å²) in [5.74, 6) is 0.580. The van der Waals surface area contributed by atoms with Crippen molar-refractivity contribution in [3.05, 3.63) is 64.1 Å². The molecule has 2 heterocycles. The van der Waals surface area contributed by atoms with Crippen molar-refractivity contribution in [1.29, 1.82) is 0 Å². The van der Waals surface area contributed by atoms with E-state index < -0.39 is 0 Å². The number of fused-ring (bicyclic) bond motifs is 1. The van der Waals surface area contributed by atoms with E-state index in [0.29, 0.717) is 28.4 Å². The average molecular weight is 300 g/mol. The van der Waals surface area contributed by atoms with E-state index in [9.17, 15) is 4.79 Å². The van der Waals surface area contributed by atoms with Crippen LogP contribution in [0.3, 0.4) is 0 Å². The van der Waals surface area contributed by atoms with Crippen molar-refractivity contribution in [1.82, 2.24) is 14.5 Å². The van der Waals surface area contributed by atoms with E-state index in [4.69, 9.17) is 11.6 Å². The Morgan fingerprint density at radius 3 is 2.95 bits per heavy atom. The number of benzene rings is 1. The van der Waals surface area contributed by atoms with Crippen molar-refractivity contribution in [2.24, 2.45) is 0 Å². The minimum absolute atomic E-state index is 0.0841. The molecule has 0 saturated heterocycles. The van der Waals surface area contributed by atoms with Crippen molar-refractivity contribution in [2.75, 3.05) is 0 Å². The van der Waals surface area contributed by atoms with Gasteiger partial charge >= 0.3 is 0 Å². The van der Waals surface area contributed by atoms with E-state index in [1.54, 1.807) is 22.8 Å². The van der Waals surface area contributed by atoms with Gasteiger partial charge in [0.25, 0.3) is 5.56 Å². The third-order valence-electron chi connectivity index (χ3n) is 3.27. The van der Waals surface area contributed by atoms with Crippen LogP contribution >= 0.6 is 11.6 Å². The lowest BCUT2D eigenvalue weighted by Gasteiger charge is -2.10. The van der Waals surface area contributed by atoms with Gasteiger partial charge in [-0.2, -0.15) is 0 Å². The lowest BCUT2D eigenvalue weighted by molar-refractivity contribution is 0.779. The Labute approximate surface area is 126 Å². The van der Waals surface area contributed by atoms with Gasteiger partial charge in [-0.15, -0.1) is 6.58 Å². The molecule has 0 unspecified atom stereocenters. The molecule has 1 aromatic carbocycles. The van der Waals surface area contributed by atoms with Gasteiger partial charge in [-0.05, 0) is 25.1 Å². The molecule has 2 aromatic heterocycles. The molecular formula is C16H14ClN3O. The van der Waals surface area contributed by atoms with Crippen molar-refractivity contribution in [3.63, 3.8) is 0 Å². The van der Waals surface area contributed by atoms with Crippen LogP contribution < -0.4 is 5.56 Å². The number of hydrogen-bond donors (Lipinski definition) is 1. The molecule has 0 radical (unpaired) electrons. The fraction of sp³-hybridized carbons (Fsp3) is 0.125. The molecule has 0 bridgehead atoms. The molecule has 0 aliphatic heterocycles. The van der Waals surface area contributed by atoms with Gasteiger partial charge in [0.2, 0.25) is 0 Å². The maximum Gasteiger partial charge on any atom is 0.263 e. The normalized spacial score (nSPS) is 11.0. The lowest BCUT2D eigenvalue weighted by Crippen LogP contribution is -2.22. The monoisotopic (exact) mass is 299 g/mol. The molecule has 0 aliphatic rings. The summed E-state index contributed by atoms with van der Waals surface area (Å²) in [4.78, 5) is 20.3. The number of aromatic amines is 1. The molecule has 0 amide bonds. The molecule has 5 heteroatoms. The van der Waals surface area contributed by atoms with Gasteiger partial charge in [-0.3, -0.25) is 9.36 Å². The predicted octanol–water partition coefficient (Wildman–Crippen LogP) is 3.54. The van der Waals surface area contributed by atoms with Crippen LogP contribution in [0.5, 0.6) is 0 Å². The number of H-pyrrole nitrogens is 1. The van der Waals surface area contributed by atoms with Gasteiger partial charge in [0.05, 0.1) is 5.39 Å². The summed E-state index contributed by atoms with van der Waals surface area (Å²) in [7, 11) is 0. The van der Waals surface area contributed by atoms with Gasteiger partial charge < -0.3 is 4.98 Å². The van der Waals surface area contributed by atoms with Crippen molar-refractivity contribution in [2.45, 2.75) is 13.5 Å². The summed E-state index contributed by atoms with van der Waals surface area (Å²) in [6.07, 6.45) is 1.68. The van der Waals surface area contributed by atoms with Crippen LogP contribution in [0.15, 0.2) is 47.8 Å². The Hall–Kier alpha value is -2.33. The van der Waals surface area contributed by atoms with E-state index in [-0.39, 0.29) is 5.56 Å². The van der Waals surface area contributed by atoms with Crippen molar-refractivity contribution >= 4 is 22.6 Å². The Morgan fingerprint density at radius 2 is 2.24 bits per heavy atom. The van der Waals surface area contributed by atoms with E-state index >= 15 is 0 Å². The summed E-state index contributed by atoms with van der Waals surface area (Å²) in [5, 5.41) is 1.19. The molecule has 3 aromatic rings. The van der Waals surface area contributed by atoms with Crippen molar-refractivity contribution < 1.29 is 0 Å². The van der Waals surface area contributed by atoms with Crippen LogP contribution in [-0.4, -0.2) is 14.5 Å². The number of allylic oxidation sites excluding steroid dienone is 1. The van der Waals surface area contributed by atoms with Crippen LogP contribution in [0.25, 0.3) is 22.4 Å². The zero-order valence-corrected chi connectivity index (χ0v) is 12.3. The SMILES string of the molecule is C=CCn1c(-c2cccc(Cl)c2)nc2[nH]c(C)cc2c1=O. The summed E-state index contributed by atoms with van der Waals surface area (Å²) < 4.78 is 1.61. The number of halogens is 1. The first kappa shape index (κ1) is 13.6. The van der Waals surface area contributed by atoms with Gasteiger partial charge in [0.15, 0.2) is 0 Å². The summed E-state index contributed by atoms with van der Waals surface area (Å²) in [5.41, 5.74) is 2.21. The molecule has 0 atom stereocenters. The average Bonchev–Trinajstić information content (AvgIpc) is 2.83. The standard InChI is InChI=1S/C16H14ClN3O/c1-3-7-20-15(11-5-4-6-12(17)9-11)19-14-13(16(20)21)8-10(2)18-14/h3-6,8-9,18H,1,7H2,2H3. The summed E-state index contributed by atoms with van der Waals surface area (Å²) in [6.45, 7) is 6.01. The zero-order chi connectivity index (χ0) is 15.0. The number of hydrogen-bond acceptors (Lipinski definition) is 2. The quantitative estimate of drug-likeness (QED) is 0.752. The second-order valence-corrected chi connectivity index (χ2v) is 5.30. The topological polar surface area (TPSA) is 50.7 Å². The molecule has 4 nitrogen and oxygen atoms in total. The predicted molar refractivity (Wildman–Crippen MR) is 85.7 cm³/mol. The molecule has 0 aliphatic carbocycles. The van der Waals surface area contributed by atoms with Gasteiger partial charge in [0, 0.05) is 22.8 Å². The first-order valence-electron chi connectivity index (χ1n) is 6.57. The fourth-order valence-electron chi connectivity index (χ4n) is 2.38. The maximum absolute atomic E-state index is 12.6. The highest BCUT2D eigenvalue weighted by Gasteiger charge is 2.13. The zero-order valence-electron chi connectivity index (χ0n) is 11.6. The highest BCUT2D eigenvalue weighted by atomic mass is 35.5. The van der Waals surface area contributed by atoms with E-state index in [0.717, 1.165) is 11.3 Å². The molecule has 106 valence electrons. The second kappa shape index (κ2) is 5.22. The van der Waals surface area contributed by atoms with E-state index in [1.165, 1.54) is 0 Å². The molecule has 21 heavy (non-hydrogen) atoms. The minimum atomic E-state index is -0.0841. The number of aryl methyl sites for hydroxylation is 1. The molecule has 0 spiro atoms. The molecular weight excluding hydrogens is 286 g/mol. The smallest absolute Gasteiger partial charge is 0.263 e. The first-order valence-corrected chi connectivity index (χ1v) is 6.95. The number of nitrogens with one attached hydrogen (secondary N) is 1. The molecule has 3 rings (SSSR count). The number of aromatic nitrogens is 3. The van der Waals surface area contributed by atoms with Crippen LogP contribution in [0, 0.1) is 6.92 Å². The Bertz CT molecular complexity index is 892. The molecule has 1 N–H and O–H groups in total. The fourth-order valence-corrected chi connectivity index (χ4v) is 2.57. The van der Waals surface area contributed by atoms with Crippen LogP contribution in [0.4, 0.5) is 0 Å². The second-order valence-electron chi connectivity index (χ2n) is 4.86. The summed E-state index contributed by atoms with van der Waals surface area (Å²) >= 11 is 6.04. The minimum Gasteiger partial charge on any atom is -0.343 e. The van der Waals surface area contributed by atoms with Crippen LogP contribution in [0.2, 0.25) is 5.02 Å². The number of rotatable bonds is 3. The highest BCUT2D eigenvalue weighted by molar-refractivity contribution is 6.30. The van der Waals surface area contributed by atoms with Gasteiger partial charge in [0.1, 0.15) is 11.5 Å². The third-order valence-corrected chi connectivity index (χ3v) is 3.51. The van der Waals surface area contributed by atoms with Gasteiger partial charge in [-0.25, -0.2) is 4.98 Å². The van der Waals surface area contributed by atoms with Crippen LogP contribution in [0.1, 0.15) is 5.69 Å². The van der Waals surface area contributed by atoms with Gasteiger partial charge in [-0.1, -0.05) is 29.8 Å². The Kier molecular flexibility index (Phi) is 3.39. The van der Waals surface area contributed by atoms with E-state index in [1.807, 2.05) is 25.1 Å². The third kappa shape index (κ3) is 2.38. The highest BCUT2D eigenvalue weighted by Crippen LogP contribution is 2.22. The van der Waals surface area contributed by atoms with E-state index in [2.05, 4.69) is 16.5 Å². The maximum atomic E-state index is 12.6. The largest absolute Gasteiger partial charge is 0.343 e. The lowest BCUT2D eigenvalue weighted by atomic mass is 10.2.